The Balaban J connectivity index is 1.46. The molecule has 0 spiro atoms. The second kappa shape index (κ2) is 9.03. The Morgan fingerprint density at radius 1 is 1.09 bits per heavy atom. The number of hydrogen-bond acceptors (Lipinski definition) is 5. The third-order valence-electron chi connectivity index (χ3n) is 6.26. The van der Waals surface area contributed by atoms with E-state index in [1.54, 1.807) is 34.9 Å². The Kier molecular flexibility index (Phi) is 6.04. The van der Waals surface area contributed by atoms with Crippen molar-refractivity contribution in [2.45, 2.75) is 23.8 Å². The molecule has 1 aliphatic heterocycles. The summed E-state index contributed by atoms with van der Waals surface area (Å²) in [5, 5.41) is 9.40. The fraction of sp³-hybridized carbons (Fsp3) is 0.280. The lowest BCUT2D eigenvalue weighted by molar-refractivity contribution is 0.0694. The molecule has 1 saturated carbocycles. The molecule has 10 heteroatoms. The molecule has 1 aliphatic carbocycles. The molecule has 1 aromatic heterocycles. The predicted octanol–water partition coefficient (Wildman–Crippen LogP) is 3.37. The second-order valence-corrected chi connectivity index (χ2v) is 10.6. The molecule has 0 radical (unpaired) electrons. The van der Waals surface area contributed by atoms with Crippen molar-refractivity contribution in [1.82, 2.24) is 8.87 Å². The first kappa shape index (κ1) is 23.4. The zero-order valence-corrected chi connectivity index (χ0v) is 19.5. The van der Waals surface area contributed by atoms with E-state index < -0.39 is 27.2 Å². The van der Waals surface area contributed by atoms with Gasteiger partial charge in [-0.2, -0.15) is 4.31 Å². The highest BCUT2D eigenvalue weighted by Gasteiger charge is 2.28. The van der Waals surface area contributed by atoms with Crippen LogP contribution in [0.25, 0.3) is 23.1 Å². The number of ether oxygens (including phenoxy) is 1. The molecule has 2 heterocycles. The van der Waals surface area contributed by atoms with Crippen LogP contribution in [0.3, 0.4) is 0 Å². The Bertz CT molecular complexity index is 1500. The van der Waals surface area contributed by atoms with Gasteiger partial charge in [-0.3, -0.25) is 4.79 Å². The van der Waals surface area contributed by atoms with Crippen LogP contribution < -0.4 is 5.43 Å². The maximum atomic E-state index is 14.9. The largest absolute Gasteiger partial charge is 0.477 e. The summed E-state index contributed by atoms with van der Waals surface area (Å²) >= 11 is 0. The highest BCUT2D eigenvalue weighted by Crippen LogP contribution is 2.37. The van der Waals surface area contributed by atoms with E-state index in [4.69, 9.17) is 4.74 Å². The summed E-state index contributed by atoms with van der Waals surface area (Å²) in [6.07, 6.45) is 6.26. The van der Waals surface area contributed by atoms with E-state index in [-0.39, 0.29) is 27.5 Å². The number of pyridine rings is 1. The molecule has 2 aliphatic rings. The van der Waals surface area contributed by atoms with Gasteiger partial charge in [0.05, 0.1) is 23.6 Å². The van der Waals surface area contributed by atoms with Gasteiger partial charge in [-0.1, -0.05) is 24.3 Å². The number of morpholine rings is 1. The maximum absolute atomic E-state index is 14.9. The average molecular weight is 499 g/mol. The fourth-order valence-corrected chi connectivity index (χ4v) is 5.60. The normalized spacial score (nSPS) is 17.3. The number of carboxylic acids is 1. The lowest BCUT2D eigenvalue weighted by atomic mass is 10.1. The standard InChI is InChI=1S/C25H23FN2O6S/c26-22-14-20-23(28(18-5-6-18)15-21(24(20)29)25(30)31)13-17(22)4-1-16-2-7-19(8-3-16)35(32,33)27-9-11-34-12-10-27/h1-4,7-8,13-15,18H,5-6,9-12H2,(H,30,31)/b4-1+. The highest BCUT2D eigenvalue weighted by atomic mass is 32.2. The molecule has 0 amide bonds. The first-order valence-corrected chi connectivity index (χ1v) is 12.7. The summed E-state index contributed by atoms with van der Waals surface area (Å²) in [6, 6.07) is 9.02. The van der Waals surface area contributed by atoms with Crippen molar-refractivity contribution < 1.29 is 27.4 Å². The number of carboxylic acid groups (broad SMARTS) is 1. The van der Waals surface area contributed by atoms with E-state index in [0.717, 1.165) is 18.9 Å². The molecule has 8 nitrogen and oxygen atoms in total. The number of carbonyl (C=O) groups is 1. The third-order valence-corrected chi connectivity index (χ3v) is 8.18. The molecule has 2 aromatic carbocycles. The van der Waals surface area contributed by atoms with Gasteiger partial charge in [0.25, 0.3) is 0 Å². The van der Waals surface area contributed by atoms with Crippen LogP contribution in [0.4, 0.5) is 4.39 Å². The quantitative estimate of drug-likeness (QED) is 0.523. The van der Waals surface area contributed by atoms with Gasteiger partial charge in [-0.25, -0.2) is 17.6 Å². The molecular weight excluding hydrogens is 475 g/mol. The summed E-state index contributed by atoms with van der Waals surface area (Å²) in [6.45, 7) is 1.35. The Morgan fingerprint density at radius 3 is 2.40 bits per heavy atom. The van der Waals surface area contributed by atoms with Crippen molar-refractivity contribution >= 4 is 39.0 Å². The zero-order chi connectivity index (χ0) is 24.7. The lowest BCUT2D eigenvalue weighted by Crippen LogP contribution is -2.40. The van der Waals surface area contributed by atoms with Gasteiger partial charge in [0, 0.05) is 36.3 Å². The molecule has 1 saturated heterocycles. The van der Waals surface area contributed by atoms with Gasteiger partial charge in [0.2, 0.25) is 15.5 Å². The molecular formula is C25H23FN2O6S. The predicted molar refractivity (Wildman–Crippen MR) is 128 cm³/mol. The van der Waals surface area contributed by atoms with Gasteiger partial charge in [0.15, 0.2) is 0 Å². The zero-order valence-electron chi connectivity index (χ0n) is 18.7. The molecule has 2 fully saturated rings. The second-order valence-electron chi connectivity index (χ2n) is 8.63. The summed E-state index contributed by atoms with van der Waals surface area (Å²) < 4.78 is 48.8. The van der Waals surface area contributed by atoms with E-state index in [0.29, 0.717) is 37.4 Å². The Labute approximate surface area is 200 Å². The summed E-state index contributed by atoms with van der Waals surface area (Å²) in [5.41, 5.74) is 0.302. The number of nitrogens with zero attached hydrogens (tertiary/aromatic N) is 2. The van der Waals surface area contributed by atoms with Crippen molar-refractivity contribution in [3.63, 3.8) is 0 Å². The van der Waals surface area contributed by atoms with Crippen LogP contribution in [-0.4, -0.2) is 54.7 Å². The SMILES string of the molecule is O=C(O)c1cn(C2CC2)c2cc(/C=C/c3ccc(S(=O)(=O)N4CCOCC4)cc3)c(F)cc2c1=O. The topological polar surface area (TPSA) is 106 Å². The van der Waals surface area contributed by atoms with Crippen LogP contribution in [0, 0.1) is 5.82 Å². The molecule has 0 unspecified atom stereocenters. The molecule has 0 atom stereocenters. The van der Waals surface area contributed by atoms with Crippen molar-refractivity contribution in [3.8, 4) is 0 Å². The number of benzene rings is 2. The van der Waals surface area contributed by atoms with Gasteiger partial charge < -0.3 is 14.4 Å². The lowest BCUT2D eigenvalue weighted by Gasteiger charge is -2.26. The van der Waals surface area contributed by atoms with Gasteiger partial charge in [0.1, 0.15) is 11.4 Å². The number of hydrogen-bond donors (Lipinski definition) is 1. The van der Waals surface area contributed by atoms with Crippen molar-refractivity contribution in [1.29, 1.82) is 0 Å². The minimum absolute atomic E-state index is 0.0316. The van der Waals surface area contributed by atoms with E-state index in [9.17, 15) is 27.5 Å². The molecule has 0 bridgehead atoms. The molecule has 182 valence electrons. The van der Waals surface area contributed by atoms with Gasteiger partial charge >= 0.3 is 5.97 Å². The fourth-order valence-electron chi connectivity index (χ4n) is 4.19. The number of fused-ring (bicyclic) bond motifs is 1. The van der Waals surface area contributed by atoms with E-state index in [1.807, 2.05) is 0 Å². The number of rotatable bonds is 6. The van der Waals surface area contributed by atoms with Crippen LogP contribution in [-0.2, 0) is 14.8 Å². The highest BCUT2D eigenvalue weighted by molar-refractivity contribution is 7.89. The van der Waals surface area contributed by atoms with E-state index >= 15 is 0 Å². The first-order valence-electron chi connectivity index (χ1n) is 11.2. The number of sulfonamides is 1. The van der Waals surface area contributed by atoms with Crippen LogP contribution in [0.5, 0.6) is 0 Å². The first-order chi connectivity index (χ1) is 16.8. The summed E-state index contributed by atoms with van der Waals surface area (Å²) in [5.74, 6) is -1.99. The van der Waals surface area contributed by atoms with Gasteiger partial charge in [-0.15, -0.1) is 0 Å². The number of halogens is 1. The molecule has 3 aromatic rings. The molecule has 35 heavy (non-hydrogen) atoms. The minimum atomic E-state index is -3.60. The van der Waals surface area contributed by atoms with E-state index in [1.165, 1.54) is 22.6 Å². The third kappa shape index (κ3) is 4.52. The monoisotopic (exact) mass is 498 g/mol. The molecule has 5 rings (SSSR count). The summed E-state index contributed by atoms with van der Waals surface area (Å²) in [7, 11) is -3.60. The molecule has 1 N–H and O–H groups in total. The van der Waals surface area contributed by atoms with Crippen molar-refractivity contribution in [2.75, 3.05) is 26.3 Å². The number of aromatic nitrogens is 1. The average Bonchev–Trinajstić information content (AvgIpc) is 3.69. The van der Waals surface area contributed by atoms with Crippen molar-refractivity contribution in [2.24, 2.45) is 0 Å². The van der Waals surface area contributed by atoms with Crippen LogP contribution in [0.2, 0.25) is 0 Å². The van der Waals surface area contributed by atoms with Crippen LogP contribution in [0.15, 0.2) is 52.3 Å². The maximum Gasteiger partial charge on any atom is 0.341 e. The van der Waals surface area contributed by atoms with Crippen LogP contribution >= 0.6 is 0 Å². The smallest absolute Gasteiger partial charge is 0.341 e. The van der Waals surface area contributed by atoms with Crippen molar-refractivity contribution in [3.05, 3.63) is 75.3 Å². The number of aromatic carboxylic acids is 1. The summed E-state index contributed by atoms with van der Waals surface area (Å²) in [4.78, 5) is 24.3. The minimum Gasteiger partial charge on any atom is -0.477 e. The van der Waals surface area contributed by atoms with Gasteiger partial charge in [-0.05, 0) is 42.7 Å². The Morgan fingerprint density at radius 2 is 1.77 bits per heavy atom. The van der Waals surface area contributed by atoms with E-state index in [2.05, 4.69) is 0 Å². The van der Waals surface area contributed by atoms with Crippen LogP contribution in [0.1, 0.15) is 40.4 Å². The Hall–Kier alpha value is -3.34.